The molecular weight excluding hydrogens is 322 g/mol. The molecule has 0 radical (unpaired) electrons. The highest BCUT2D eigenvalue weighted by molar-refractivity contribution is 6.30. The predicted octanol–water partition coefficient (Wildman–Crippen LogP) is 4.67. The van der Waals surface area contributed by atoms with Crippen LogP contribution < -0.4 is 5.32 Å². The van der Waals surface area contributed by atoms with Crippen LogP contribution in [0.4, 0.5) is 5.69 Å². The fourth-order valence-corrected chi connectivity index (χ4v) is 2.34. The Balaban J connectivity index is 1.76. The maximum absolute atomic E-state index is 12.3. The van der Waals surface area contributed by atoms with Crippen LogP contribution >= 0.6 is 11.6 Å². The summed E-state index contributed by atoms with van der Waals surface area (Å²) in [4.78, 5) is 20.8. The molecule has 0 saturated heterocycles. The number of anilines is 1. The molecule has 0 aliphatic carbocycles. The van der Waals surface area contributed by atoms with Gasteiger partial charge in [-0.15, -0.1) is 0 Å². The molecule has 2 aromatic carbocycles. The van der Waals surface area contributed by atoms with Crippen LogP contribution in [0.3, 0.4) is 0 Å². The van der Waals surface area contributed by atoms with Gasteiger partial charge in [0.25, 0.3) is 5.91 Å². The van der Waals surface area contributed by atoms with Crippen molar-refractivity contribution in [2.45, 2.75) is 13.8 Å². The first kappa shape index (κ1) is 16.1. The van der Waals surface area contributed by atoms with E-state index in [1.54, 1.807) is 12.1 Å². The SMILES string of the molecule is Cc1ccc(NC(=O)c2cnc(-c3ccc(Cl)cc3)nc2)cc1C. The molecule has 1 heterocycles. The number of rotatable bonds is 3. The lowest BCUT2D eigenvalue weighted by Gasteiger charge is -2.08. The molecule has 3 aromatic rings. The second-order valence-electron chi connectivity index (χ2n) is 5.56. The maximum Gasteiger partial charge on any atom is 0.258 e. The van der Waals surface area contributed by atoms with Crippen LogP contribution in [-0.2, 0) is 0 Å². The highest BCUT2D eigenvalue weighted by Gasteiger charge is 2.09. The molecule has 0 atom stereocenters. The first-order valence-electron chi connectivity index (χ1n) is 7.49. The third-order valence-corrected chi connectivity index (χ3v) is 4.03. The summed E-state index contributed by atoms with van der Waals surface area (Å²) >= 11 is 5.87. The highest BCUT2D eigenvalue weighted by atomic mass is 35.5. The number of hydrogen-bond acceptors (Lipinski definition) is 3. The number of benzene rings is 2. The van der Waals surface area contributed by atoms with E-state index in [0.29, 0.717) is 16.4 Å². The summed E-state index contributed by atoms with van der Waals surface area (Å²) in [7, 11) is 0. The quantitative estimate of drug-likeness (QED) is 0.755. The van der Waals surface area contributed by atoms with E-state index in [-0.39, 0.29) is 5.91 Å². The number of amides is 1. The summed E-state index contributed by atoms with van der Waals surface area (Å²) in [6.07, 6.45) is 3.04. The molecule has 0 aliphatic heterocycles. The van der Waals surface area contributed by atoms with E-state index >= 15 is 0 Å². The maximum atomic E-state index is 12.3. The Kier molecular flexibility index (Phi) is 4.58. The van der Waals surface area contributed by atoms with Gasteiger partial charge < -0.3 is 5.32 Å². The Hall–Kier alpha value is -2.72. The van der Waals surface area contributed by atoms with Crippen molar-refractivity contribution in [3.05, 3.63) is 76.6 Å². The summed E-state index contributed by atoms with van der Waals surface area (Å²) in [5.41, 5.74) is 4.32. The zero-order valence-electron chi connectivity index (χ0n) is 13.4. The molecule has 120 valence electrons. The Bertz CT molecular complexity index is 874. The van der Waals surface area contributed by atoms with E-state index in [9.17, 15) is 4.79 Å². The zero-order chi connectivity index (χ0) is 17.1. The number of carbonyl (C=O) groups is 1. The third kappa shape index (κ3) is 3.60. The van der Waals surface area contributed by atoms with E-state index in [1.165, 1.54) is 18.0 Å². The number of nitrogens with zero attached hydrogens (tertiary/aromatic N) is 2. The molecule has 3 rings (SSSR count). The van der Waals surface area contributed by atoms with Gasteiger partial charge in [0.2, 0.25) is 0 Å². The minimum absolute atomic E-state index is 0.235. The molecule has 24 heavy (non-hydrogen) atoms. The molecule has 0 unspecified atom stereocenters. The van der Waals surface area contributed by atoms with Gasteiger partial charge in [-0.1, -0.05) is 17.7 Å². The summed E-state index contributed by atoms with van der Waals surface area (Å²) in [5, 5.41) is 3.51. The summed E-state index contributed by atoms with van der Waals surface area (Å²) in [5.74, 6) is 0.315. The molecule has 0 fully saturated rings. The lowest BCUT2D eigenvalue weighted by atomic mass is 10.1. The zero-order valence-corrected chi connectivity index (χ0v) is 14.1. The van der Waals surface area contributed by atoms with Crippen molar-refractivity contribution in [3.63, 3.8) is 0 Å². The number of hydrogen-bond donors (Lipinski definition) is 1. The molecule has 5 heteroatoms. The van der Waals surface area contributed by atoms with Crippen molar-refractivity contribution >= 4 is 23.2 Å². The number of aryl methyl sites for hydroxylation is 2. The molecule has 1 N–H and O–H groups in total. The lowest BCUT2D eigenvalue weighted by Crippen LogP contribution is -2.13. The molecule has 0 spiro atoms. The van der Waals surface area contributed by atoms with Crippen LogP contribution in [0.25, 0.3) is 11.4 Å². The Morgan fingerprint density at radius 3 is 2.25 bits per heavy atom. The monoisotopic (exact) mass is 337 g/mol. The minimum atomic E-state index is -0.235. The lowest BCUT2D eigenvalue weighted by molar-refractivity contribution is 0.102. The predicted molar refractivity (Wildman–Crippen MR) is 96.3 cm³/mol. The molecule has 1 amide bonds. The van der Waals surface area contributed by atoms with Crippen molar-refractivity contribution in [3.8, 4) is 11.4 Å². The molecule has 4 nitrogen and oxygen atoms in total. The van der Waals surface area contributed by atoms with Crippen LogP contribution in [0.1, 0.15) is 21.5 Å². The second kappa shape index (κ2) is 6.81. The average Bonchev–Trinajstić information content (AvgIpc) is 2.59. The standard InChI is InChI=1S/C19H16ClN3O/c1-12-3-8-17(9-13(12)2)23-19(24)15-10-21-18(22-11-15)14-4-6-16(20)7-5-14/h3-11H,1-2H3,(H,23,24). The van der Waals surface area contributed by atoms with Crippen LogP contribution in [-0.4, -0.2) is 15.9 Å². The van der Waals surface area contributed by atoms with Crippen molar-refractivity contribution in [1.29, 1.82) is 0 Å². The van der Waals surface area contributed by atoms with Gasteiger partial charge in [0.1, 0.15) is 0 Å². The van der Waals surface area contributed by atoms with Crippen LogP contribution in [0.2, 0.25) is 5.02 Å². The van der Waals surface area contributed by atoms with Gasteiger partial charge in [-0.3, -0.25) is 4.79 Å². The smallest absolute Gasteiger partial charge is 0.258 e. The van der Waals surface area contributed by atoms with Gasteiger partial charge in [-0.2, -0.15) is 0 Å². The van der Waals surface area contributed by atoms with Gasteiger partial charge in [-0.05, 0) is 61.4 Å². The average molecular weight is 338 g/mol. The largest absolute Gasteiger partial charge is 0.322 e. The van der Waals surface area contributed by atoms with Crippen LogP contribution in [0, 0.1) is 13.8 Å². The Labute approximate surface area is 145 Å². The van der Waals surface area contributed by atoms with Gasteiger partial charge in [0, 0.05) is 28.7 Å². The second-order valence-corrected chi connectivity index (χ2v) is 5.99. The summed E-state index contributed by atoms with van der Waals surface area (Å²) in [6, 6.07) is 13.0. The number of carbonyl (C=O) groups excluding carboxylic acids is 1. The van der Waals surface area contributed by atoms with Crippen molar-refractivity contribution < 1.29 is 4.79 Å². The van der Waals surface area contributed by atoms with Crippen molar-refractivity contribution in [1.82, 2.24) is 9.97 Å². The van der Waals surface area contributed by atoms with E-state index in [1.807, 2.05) is 44.2 Å². The summed E-state index contributed by atoms with van der Waals surface area (Å²) in [6.45, 7) is 4.04. The van der Waals surface area contributed by atoms with E-state index < -0.39 is 0 Å². The highest BCUT2D eigenvalue weighted by Crippen LogP contribution is 2.18. The third-order valence-electron chi connectivity index (χ3n) is 3.78. The Morgan fingerprint density at radius 2 is 1.62 bits per heavy atom. The van der Waals surface area contributed by atoms with Gasteiger partial charge >= 0.3 is 0 Å². The first-order chi connectivity index (χ1) is 11.5. The molecular formula is C19H16ClN3O. The fraction of sp³-hybridized carbons (Fsp3) is 0.105. The van der Waals surface area contributed by atoms with Gasteiger partial charge in [-0.25, -0.2) is 9.97 Å². The molecule has 1 aromatic heterocycles. The topological polar surface area (TPSA) is 54.9 Å². The first-order valence-corrected chi connectivity index (χ1v) is 7.87. The number of nitrogens with one attached hydrogen (secondary N) is 1. The van der Waals surface area contributed by atoms with Crippen LogP contribution in [0.5, 0.6) is 0 Å². The van der Waals surface area contributed by atoms with Crippen LogP contribution in [0.15, 0.2) is 54.9 Å². The molecule has 0 aliphatic rings. The van der Waals surface area contributed by atoms with Gasteiger partial charge in [0.05, 0.1) is 5.56 Å². The normalized spacial score (nSPS) is 10.5. The molecule has 0 bridgehead atoms. The minimum Gasteiger partial charge on any atom is -0.322 e. The van der Waals surface area contributed by atoms with Crippen molar-refractivity contribution in [2.75, 3.05) is 5.32 Å². The van der Waals surface area contributed by atoms with Gasteiger partial charge in [0.15, 0.2) is 5.82 Å². The van der Waals surface area contributed by atoms with Crippen molar-refractivity contribution in [2.24, 2.45) is 0 Å². The number of halogens is 1. The number of aromatic nitrogens is 2. The summed E-state index contributed by atoms with van der Waals surface area (Å²) < 4.78 is 0. The van der Waals surface area contributed by atoms with E-state index in [2.05, 4.69) is 15.3 Å². The van der Waals surface area contributed by atoms with E-state index in [4.69, 9.17) is 11.6 Å². The Morgan fingerprint density at radius 1 is 0.958 bits per heavy atom. The van der Waals surface area contributed by atoms with E-state index in [0.717, 1.165) is 16.8 Å². The fourth-order valence-electron chi connectivity index (χ4n) is 2.22. The molecule has 0 saturated carbocycles.